The highest BCUT2D eigenvalue weighted by Crippen LogP contribution is 2.25. The predicted molar refractivity (Wildman–Crippen MR) is 112 cm³/mol. The van der Waals surface area contributed by atoms with Crippen molar-refractivity contribution in [2.24, 2.45) is 16.6 Å². The highest BCUT2D eigenvalue weighted by atomic mass is 127. The number of likely N-dealkylation sites (tertiary alicyclic amines) is 1. The number of nitrogens with two attached hydrogens (primary N) is 1. The summed E-state index contributed by atoms with van der Waals surface area (Å²) in [6, 6.07) is 9.29. The Kier molecular flexibility index (Phi) is 7.34. The maximum atomic E-state index is 6.12. The minimum absolute atomic E-state index is 0. The lowest BCUT2D eigenvalue weighted by molar-refractivity contribution is 0.176. The van der Waals surface area contributed by atoms with Gasteiger partial charge in [-0.2, -0.15) is 0 Å². The summed E-state index contributed by atoms with van der Waals surface area (Å²) in [6.45, 7) is 6.51. The van der Waals surface area contributed by atoms with E-state index in [0.29, 0.717) is 18.5 Å². The van der Waals surface area contributed by atoms with Crippen LogP contribution >= 0.6 is 24.0 Å². The second kappa shape index (κ2) is 9.04. The van der Waals surface area contributed by atoms with Crippen LogP contribution in [0.5, 0.6) is 0 Å². The Bertz CT molecular complexity index is 556. The predicted octanol–water partition coefficient (Wildman–Crippen LogP) is 3.45. The lowest BCUT2D eigenvalue weighted by Crippen LogP contribution is -2.35. The van der Waals surface area contributed by atoms with Gasteiger partial charge in [-0.25, -0.2) is 4.99 Å². The molecule has 1 aromatic rings. The lowest BCUT2D eigenvalue weighted by atomic mass is 9.99. The molecular weight excluding hydrogens is 411 g/mol. The van der Waals surface area contributed by atoms with E-state index in [2.05, 4.69) is 53.0 Å². The molecule has 1 aromatic carbocycles. The largest absolute Gasteiger partial charge is 0.370 e. The van der Waals surface area contributed by atoms with Crippen molar-refractivity contribution in [2.75, 3.05) is 20.1 Å². The molecule has 2 aliphatic rings. The van der Waals surface area contributed by atoms with Crippen LogP contribution in [0.4, 0.5) is 0 Å². The van der Waals surface area contributed by atoms with E-state index in [1.807, 2.05) is 0 Å². The summed E-state index contributed by atoms with van der Waals surface area (Å²) in [6.07, 6.45) is 5.18. The van der Waals surface area contributed by atoms with Crippen molar-refractivity contribution >= 4 is 29.9 Å². The van der Waals surface area contributed by atoms with E-state index in [1.165, 1.54) is 49.9 Å². The zero-order valence-corrected chi connectivity index (χ0v) is 17.3. The van der Waals surface area contributed by atoms with Crippen LogP contribution in [0.3, 0.4) is 0 Å². The summed E-state index contributed by atoms with van der Waals surface area (Å²) in [4.78, 5) is 9.33. The molecule has 0 radical (unpaired) electrons. The van der Waals surface area contributed by atoms with Gasteiger partial charge in [0.25, 0.3) is 0 Å². The molecule has 24 heavy (non-hydrogen) atoms. The van der Waals surface area contributed by atoms with Gasteiger partial charge in [0, 0.05) is 26.2 Å². The van der Waals surface area contributed by atoms with Gasteiger partial charge in [-0.15, -0.1) is 24.0 Å². The Balaban J connectivity index is 0.00000208. The van der Waals surface area contributed by atoms with E-state index >= 15 is 0 Å². The molecule has 1 heterocycles. The van der Waals surface area contributed by atoms with Gasteiger partial charge in [0.2, 0.25) is 0 Å². The molecule has 1 saturated heterocycles. The molecule has 134 valence electrons. The van der Waals surface area contributed by atoms with Crippen molar-refractivity contribution in [1.29, 1.82) is 0 Å². The molecule has 1 atom stereocenters. The summed E-state index contributed by atoms with van der Waals surface area (Å²) in [5, 5.41) is 0. The minimum Gasteiger partial charge on any atom is -0.370 e. The van der Waals surface area contributed by atoms with Crippen molar-refractivity contribution < 1.29 is 0 Å². The second-order valence-electron chi connectivity index (χ2n) is 7.27. The lowest BCUT2D eigenvalue weighted by Gasteiger charge is -2.31. The highest BCUT2D eigenvalue weighted by molar-refractivity contribution is 14.0. The average molecular weight is 442 g/mol. The van der Waals surface area contributed by atoms with Crippen molar-refractivity contribution in [1.82, 2.24) is 9.80 Å². The number of piperidine rings is 1. The van der Waals surface area contributed by atoms with Gasteiger partial charge < -0.3 is 10.6 Å². The van der Waals surface area contributed by atoms with Crippen molar-refractivity contribution in [2.45, 2.75) is 51.7 Å². The fourth-order valence-corrected chi connectivity index (χ4v) is 3.46. The maximum absolute atomic E-state index is 6.12. The molecule has 0 bridgehead atoms. The Hall–Kier alpha value is -0.820. The summed E-state index contributed by atoms with van der Waals surface area (Å²) < 4.78 is 0. The van der Waals surface area contributed by atoms with Crippen LogP contribution in [0, 0.1) is 5.92 Å². The van der Waals surface area contributed by atoms with Crippen molar-refractivity contribution in [3.63, 3.8) is 0 Å². The summed E-state index contributed by atoms with van der Waals surface area (Å²) in [5.74, 6) is 1.49. The van der Waals surface area contributed by atoms with Crippen LogP contribution in [0.2, 0.25) is 0 Å². The third-order valence-corrected chi connectivity index (χ3v) is 5.12. The molecule has 2 N–H and O–H groups in total. The first kappa shape index (κ1) is 19.5. The van der Waals surface area contributed by atoms with Crippen molar-refractivity contribution in [3.8, 4) is 0 Å². The Morgan fingerprint density at radius 2 is 1.96 bits per heavy atom. The number of benzene rings is 1. The van der Waals surface area contributed by atoms with Crippen LogP contribution in [0.1, 0.15) is 43.7 Å². The zero-order valence-electron chi connectivity index (χ0n) is 14.9. The molecule has 1 unspecified atom stereocenters. The normalized spacial score (nSPS) is 22.1. The zero-order chi connectivity index (χ0) is 16.2. The van der Waals surface area contributed by atoms with E-state index in [-0.39, 0.29) is 24.0 Å². The molecule has 1 aliphatic carbocycles. The Morgan fingerprint density at radius 3 is 2.62 bits per heavy atom. The molecule has 5 heteroatoms. The second-order valence-corrected chi connectivity index (χ2v) is 7.27. The highest BCUT2D eigenvalue weighted by Gasteiger charge is 2.27. The Labute approximate surface area is 163 Å². The van der Waals surface area contributed by atoms with Crippen LogP contribution in [-0.4, -0.2) is 41.9 Å². The average Bonchev–Trinajstić information content (AvgIpc) is 3.38. The van der Waals surface area contributed by atoms with E-state index in [4.69, 9.17) is 5.73 Å². The first-order valence-corrected chi connectivity index (χ1v) is 8.95. The number of guanidine groups is 1. The van der Waals surface area contributed by atoms with Crippen molar-refractivity contribution in [3.05, 3.63) is 35.4 Å². The minimum atomic E-state index is 0. The quantitative estimate of drug-likeness (QED) is 0.432. The monoisotopic (exact) mass is 442 g/mol. The van der Waals surface area contributed by atoms with Crippen LogP contribution < -0.4 is 5.73 Å². The van der Waals surface area contributed by atoms with E-state index in [1.54, 1.807) is 0 Å². The standard InChI is InChI=1S/C19H30N4.HI/c1-15-6-5-11-23(13-15)14-17-8-4-3-7-16(17)12-21-19(20)22(2)18-9-10-18;/h3-4,7-8,15,18H,5-6,9-14H2,1-2H3,(H2,20,21);1H. The van der Waals surface area contributed by atoms with Gasteiger partial charge in [0.15, 0.2) is 5.96 Å². The van der Waals surface area contributed by atoms with Crippen LogP contribution in [0.25, 0.3) is 0 Å². The van der Waals surface area contributed by atoms with Gasteiger partial charge in [0.05, 0.1) is 6.54 Å². The number of halogens is 1. The number of nitrogens with zero attached hydrogens (tertiary/aromatic N) is 3. The fraction of sp³-hybridized carbons (Fsp3) is 0.632. The van der Waals surface area contributed by atoms with Gasteiger partial charge in [0.1, 0.15) is 0 Å². The Morgan fingerprint density at radius 1 is 1.25 bits per heavy atom. The SMILES string of the molecule is CC1CCCN(Cc2ccccc2CN=C(N)N(C)C2CC2)C1.I. The molecule has 0 spiro atoms. The molecule has 1 aliphatic heterocycles. The molecule has 2 fully saturated rings. The summed E-state index contributed by atoms with van der Waals surface area (Å²) in [7, 11) is 2.05. The molecule has 3 rings (SSSR count). The maximum Gasteiger partial charge on any atom is 0.191 e. The summed E-state index contributed by atoms with van der Waals surface area (Å²) >= 11 is 0. The summed E-state index contributed by atoms with van der Waals surface area (Å²) in [5.41, 5.74) is 8.82. The molecule has 4 nitrogen and oxygen atoms in total. The first-order chi connectivity index (χ1) is 11.1. The van der Waals surface area contributed by atoms with Crippen LogP contribution in [0.15, 0.2) is 29.3 Å². The van der Waals surface area contributed by atoms with Gasteiger partial charge in [-0.1, -0.05) is 31.2 Å². The fourth-order valence-electron chi connectivity index (χ4n) is 3.46. The number of hydrogen-bond donors (Lipinski definition) is 1. The van der Waals surface area contributed by atoms with Gasteiger partial charge in [-0.3, -0.25) is 4.90 Å². The molecule has 1 saturated carbocycles. The molecular formula is C19H31IN4. The molecule has 0 amide bonds. The third kappa shape index (κ3) is 5.34. The number of hydrogen-bond acceptors (Lipinski definition) is 2. The third-order valence-electron chi connectivity index (χ3n) is 5.12. The van der Waals surface area contributed by atoms with E-state index in [9.17, 15) is 0 Å². The van der Waals surface area contributed by atoms with E-state index < -0.39 is 0 Å². The van der Waals surface area contributed by atoms with E-state index in [0.717, 1.165) is 12.5 Å². The number of aliphatic imine (C=N–C) groups is 1. The van der Waals surface area contributed by atoms with Crippen LogP contribution in [-0.2, 0) is 13.1 Å². The number of rotatable bonds is 5. The topological polar surface area (TPSA) is 44.9 Å². The molecule has 0 aromatic heterocycles. The van der Waals surface area contributed by atoms with Gasteiger partial charge in [-0.05, 0) is 49.3 Å². The van der Waals surface area contributed by atoms with Gasteiger partial charge >= 0.3 is 0 Å². The first-order valence-electron chi connectivity index (χ1n) is 8.95. The smallest absolute Gasteiger partial charge is 0.191 e.